The zero-order chi connectivity index (χ0) is 26.0. The van der Waals surface area contributed by atoms with Gasteiger partial charge in [0.25, 0.3) is 11.7 Å². The van der Waals surface area contributed by atoms with Gasteiger partial charge in [-0.2, -0.15) is 0 Å². The molecule has 0 saturated carbocycles. The lowest BCUT2D eigenvalue weighted by molar-refractivity contribution is -0.132. The van der Waals surface area contributed by atoms with Crippen molar-refractivity contribution in [3.8, 4) is 11.5 Å². The molecule has 1 unspecified atom stereocenters. The summed E-state index contributed by atoms with van der Waals surface area (Å²) in [6, 6.07) is 15.5. The molecule has 1 aliphatic heterocycles. The maximum Gasteiger partial charge on any atom is 0.338 e. The minimum Gasteiger partial charge on any atom is -0.508 e. The second-order valence-corrected chi connectivity index (χ2v) is 8.28. The first kappa shape index (κ1) is 24.8. The lowest BCUT2D eigenvalue weighted by Crippen LogP contribution is -2.29. The molecule has 2 N–H and O–H groups in total. The van der Waals surface area contributed by atoms with Crippen LogP contribution in [0, 0.1) is 0 Å². The molecule has 0 aromatic heterocycles. The number of aliphatic hydroxyl groups is 1. The maximum atomic E-state index is 13.2. The van der Waals surface area contributed by atoms with E-state index >= 15 is 0 Å². The van der Waals surface area contributed by atoms with Crippen molar-refractivity contribution in [1.29, 1.82) is 0 Å². The van der Waals surface area contributed by atoms with Gasteiger partial charge in [-0.1, -0.05) is 23.7 Å². The molecule has 1 amide bonds. The van der Waals surface area contributed by atoms with E-state index in [4.69, 9.17) is 21.1 Å². The standard InChI is InChI=1S/C27H22ClNO7/c1-3-36-27(34)16-4-9-18(10-5-16)29-23(15-6-11-19(30)12-7-15)22(25(32)26(29)33)24(31)17-8-13-21(35-2)20(28)14-17/h4-14,23,30-31H,3H2,1-2H3/b24-22-. The summed E-state index contributed by atoms with van der Waals surface area (Å²) in [6.45, 7) is 1.91. The molecule has 1 fully saturated rings. The van der Waals surface area contributed by atoms with E-state index in [2.05, 4.69) is 0 Å². The Morgan fingerprint density at radius 3 is 2.22 bits per heavy atom. The van der Waals surface area contributed by atoms with Gasteiger partial charge in [-0.15, -0.1) is 0 Å². The number of ketones is 1. The van der Waals surface area contributed by atoms with Gasteiger partial charge in [0.05, 0.1) is 35.9 Å². The number of halogens is 1. The number of nitrogens with zero attached hydrogens (tertiary/aromatic N) is 1. The number of Topliss-reactive ketones (excluding diaryl/α,β-unsaturated/α-hetero) is 1. The predicted molar refractivity (Wildman–Crippen MR) is 133 cm³/mol. The Hall–Kier alpha value is -4.30. The first-order valence-electron chi connectivity index (χ1n) is 11.0. The van der Waals surface area contributed by atoms with Gasteiger partial charge in [-0.3, -0.25) is 14.5 Å². The Kier molecular flexibility index (Phi) is 6.98. The third-order valence-electron chi connectivity index (χ3n) is 5.74. The van der Waals surface area contributed by atoms with Gasteiger partial charge in [0.1, 0.15) is 17.3 Å². The fourth-order valence-corrected chi connectivity index (χ4v) is 4.27. The Morgan fingerprint density at radius 2 is 1.64 bits per heavy atom. The smallest absolute Gasteiger partial charge is 0.338 e. The maximum absolute atomic E-state index is 13.2. The number of aromatic hydroxyl groups is 1. The molecular formula is C27H22ClNO7. The molecule has 3 aromatic carbocycles. The van der Waals surface area contributed by atoms with E-state index in [1.807, 2.05) is 0 Å². The quantitative estimate of drug-likeness (QED) is 0.212. The summed E-state index contributed by atoms with van der Waals surface area (Å²) < 4.78 is 10.1. The molecule has 1 heterocycles. The van der Waals surface area contributed by atoms with Gasteiger partial charge in [-0.25, -0.2) is 4.79 Å². The van der Waals surface area contributed by atoms with E-state index < -0.39 is 29.5 Å². The zero-order valence-electron chi connectivity index (χ0n) is 19.4. The average molecular weight is 508 g/mol. The van der Waals surface area contributed by atoms with Crippen molar-refractivity contribution in [2.75, 3.05) is 18.6 Å². The van der Waals surface area contributed by atoms with Crippen LogP contribution in [-0.4, -0.2) is 41.6 Å². The van der Waals surface area contributed by atoms with Crippen molar-refractivity contribution in [1.82, 2.24) is 0 Å². The molecule has 0 spiro atoms. The Bertz CT molecular complexity index is 1360. The topological polar surface area (TPSA) is 113 Å². The van der Waals surface area contributed by atoms with Crippen LogP contribution in [0.3, 0.4) is 0 Å². The summed E-state index contributed by atoms with van der Waals surface area (Å²) in [5, 5.41) is 21.2. The molecule has 1 saturated heterocycles. The van der Waals surface area contributed by atoms with Gasteiger partial charge in [0.2, 0.25) is 0 Å². The van der Waals surface area contributed by atoms with Crippen LogP contribution in [0.1, 0.15) is 34.5 Å². The number of carbonyl (C=O) groups is 3. The van der Waals surface area contributed by atoms with Gasteiger partial charge < -0.3 is 19.7 Å². The molecule has 0 aliphatic carbocycles. The molecule has 9 heteroatoms. The third kappa shape index (κ3) is 4.50. The number of anilines is 1. The number of amides is 1. The van der Waals surface area contributed by atoms with Crippen molar-refractivity contribution in [2.24, 2.45) is 0 Å². The molecule has 1 aliphatic rings. The van der Waals surface area contributed by atoms with E-state index in [-0.39, 0.29) is 34.1 Å². The van der Waals surface area contributed by atoms with E-state index in [9.17, 15) is 24.6 Å². The molecule has 0 radical (unpaired) electrons. The molecule has 1 atom stereocenters. The normalized spacial score (nSPS) is 16.8. The lowest BCUT2D eigenvalue weighted by Gasteiger charge is -2.25. The number of hydrogen-bond acceptors (Lipinski definition) is 7. The van der Waals surface area contributed by atoms with Crippen LogP contribution in [0.2, 0.25) is 5.02 Å². The molecule has 36 heavy (non-hydrogen) atoms. The molecule has 184 valence electrons. The number of benzene rings is 3. The van der Waals surface area contributed by atoms with E-state index in [0.29, 0.717) is 17.0 Å². The Labute approximate surface area is 211 Å². The van der Waals surface area contributed by atoms with Crippen LogP contribution < -0.4 is 9.64 Å². The van der Waals surface area contributed by atoms with Crippen molar-refractivity contribution < 1.29 is 34.1 Å². The van der Waals surface area contributed by atoms with E-state index in [0.717, 1.165) is 0 Å². The van der Waals surface area contributed by atoms with Gasteiger partial charge in [-0.05, 0) is 67.1 Å². The number of ether oxygens (including phenoxy) is 2. The van der Waals surface area contributed by atoms with Crippen LogP contribution in [0.4, 0.5) is 5.69 Å². The second-order valence-electron chi connectivity index (χ2n) is 7.88. The summed E-state index contributed by atoms with van der Waals surface area (Å²) in [5.41, 5.74) is 1.16. The number of aliphatic hydroxyl groups excluding tert-OH is 1. The second kappa shape index (κ2) is 10.1. The summed E-state index contributed by atoms with van der Waals surface area (Å²) >= 11 is 6.22. The van der Waals surface area contributed by atoms with Gasteiger partial charge in [0.15, 0.2) is 0 Å². The van der Waals surface area contributed by atoms with Crippen molar-refractivity contribution in [2.45, 2.75) is 13.0 Å². The number of methoxy groups -OCH3 is 1. The fourth-order valence-electron chi connectivity index (χ4n) is 4.01. The van der Waals surface area contributed by atoms with E-state index in [1.54, 1.807) is 19.1 Å². The third-order valence-corrected chi connectivity index (χ3v) is 6.03. The van der Waals surface area contributed by atoms with Crippen LogP contribution in [-0.2, 0) is 14.3 Å². The fraction of sp³-hybridized carbons (Fsp3) is 0.148. The Morgan fingerprint density at radius 1 is 1.00 bits per heavy atom. The molecule has 0 bridgehead atoms. The minimum absolute atomic E-state index is 0.00331. The highest BCUT2D eigenvalue weighted by Gasteiger charge is 2.47. The van der Waals surface area contributed by atoms with Crippen LogP contribution in [0.5, 0.6) is 11.5 Å². The van der Waals surface area contributed by atoms with Crippen LogP contribution in [0.25, 0.3) is 5.76 Å². The van der Waals surface area contributed by atoms with E-state index in [1.165, 1.54) is 66.6 Å². The van der Waals surface area contributed by atoms with Crippen LogP contribution >= 0.6 is 11.6 Å². The van der Waals surface area contributed by atoms with Gasteiger partial charge in [0, 0.05) is 11.3 Å². The predicted octanol–water partition coefficient (Wildman–Crippen LogP) is 4.86. The summed E-state index contributed by atoms with van der Waals surface area (Å²) in [5.74, 6) is -2.31. The first-order chi connectivity index (χ1) is 17.3. The monoisotopic (exact) mass is 507 g/mol. The average Bonchev–Trinajstić information content (AvgIpc) is 3.14. The number of hydrogen-bond donors (Lipinski definition) is 2. The summed E-state index contributed by atoms with van der Waals surface area (Å²) in [4.78, 5) is 39.7. The highest BCUT2D eigenvalue weighted by Crippen LogP contribution is 2.43. The molecule has 3 aromatic rings. The highest BCUT2D eigenvalue weighted by molar-refractivity contribution is 6.51. The zero-order valence-corrected chi connectivity index (χ0v) is 20.2. The number of rotatable bonds is 6. The number of esters is 1. The molecular weight excluding hydrogens is 486 g/mol. The number of phenols is 1. The van der Waals surface area contributed by atoms with Crippen LogP contribution in [0.15, 0.2) is 72.3 Å². The number of carbonyl (C=O) groups excluding carboxylic acids is 3. The molecule has 8 nitrogen and oxygen atoms in total. The van der Waals surface area contributed by atoms with Crippen molar-refractivity contribution >= 4 is 40.7 Å². The number of phenolic OH excluding ortho intramolecular Hbond substituents is 1. The van der Waals surface area contributed by atoms with Crippen molar-refractivity contribution in [3.63, 3.8) is 0 Å². The minimum atomic E-state index is -1.01. The SMILES string of the molecule is CCOC(=O)c1ccc(N2C(=O)C(=O)/C(=C(\O)c3ccc(OC)c(Cl)c3)C2c2ccc(O)cc2)cc1. The first-order valence-corrected chi connectivity index (χ1v) is 11.4. The largest absolute Gasteiger partial charge is 0.508 e. The van der Waals surface area contributed by atoms with Gasteiger partial charge >= 0.3 is 5.97 Å². The highest BCUT2D eigenvalue weighted by atomic mass is 35.5. The van der Waals surface area contributed by atoms with Crippen molar-refractivity contribution in [3.05, 3.63) is 94.0 Å². The lowest BCUT2D eigenvalue weighted by atomic mass is 9.95. The summed E-state index contributed by atoms with van der Waals surface area (Å²) in [7, 11) is 1.45. The Balaban J connectivity index is 1.86. The molecule has 4 rings (SSSR count). The summed E-state index contributed by atoms with van der Waals surface area (Å²) in [6.07, 6.45) is 0.